The van der Waals surface area contributed by atoms with Crippen LogP contribution < -0.4 is 11.1 Å². The third kappa shape index (κ3) is 2.27. The predicted molar refractivity (Wildman–Crippen MR) is 93.5 cm³/mol. The second kappa shape index (κ2) is 5.49. The summed E-state index contributed by atoms with van der Waals surface area (Å²) in [6, 6.07) is 9.78. The maximum Gasteiger partial charge on any atom is 0.283 e. The van der Waals surface area contributed by atoms with Crippen LogP contribution in [-0.2, 0) is 26.4 Å². The van der Waals surface area contributed by atoms with E-state index in [1.165, 1.54) is 20.9 Å². The Hall–Kier alpha value is -2.14. The third-order valence-electron chi connectivity index (χ3n) is 4.65. The number of aromatic nitrogens is 2. The van der Waals surface area contributed by atoms with Crippen molar-refractivity contribution in [2.45, 2.75) is 32.2 Å². The van der Waals surface area contributed by atoms with Crippen LogP contribution in [0.5, 0.6) is 0 Å². The Balaban J connectivity index is 1.97. The maximum atomic E-state index is 12.9. The summed E-state index contributed by atoms with van der Waals surface area (Å²) >= 11 is 1.53. The molecule has 1 aliphatic rings. The minimum Gasteiger partial charge on any atom is -0.267 e. The fourth-order valence-electron chi connectivity index (χ4n) is 3.40. The molecule has 23 heavy (non-hydrogen) atoms. The summed E-state index contributed by atoms with van der Waals surface area (Å²) in [7, 11) is 1.69. The molecule has 0 saturated heterocycles. The molecule has 0 N–H and O–H groups in total. The van der Waals surface area contributed by atoms with E-state index >= 15 is 0 Å². The summed E-state index contributed by atoms with van der Waals surface area (Å²) in [5, 5.41) is 0.668. The summed E-state index contributed by atoms with van der Waals surface area (Å²) in [6.07, 6.45) is 4.18. The molecule has 0 unspecified atom stereocenters. The lowest BCUT2D eigenvalue weighted by Gasteiger charge is -2.13. The van der Waals surface area contributed by atoms with Crippen molar-refractivity contribution in [2.24, 2.45) is 7.05 Å². The van der Waals surface area contributed by atoms with E-state index in [9.17, 15) is 9.59 Å². The van der Waals surface area contributed by atoms with Gasteiger partial charge in [-0.25, -0.2) is 9.36 Å². The van der Waals surface area contributed by atoms with Gasteiger partial charge in [-0.1, -0.05) is 30.3 Å². The highest BCUT2D eigenvalue weighted by atomic mass is 32.1. The lowest BCUT2D eigenvalue weighted by molar-refractivity contribution is 0.504. The molecule has 0 aliphatic heterocycles. The zero-order chi connectivity index (χ0) is 16.0. The molecule has 0 bridgehead atoms. The van der Waals surface area contributed by atoms with E-state index in [0.717, 1.165) is 36.8 Å². The molecular weight excluding hydrogens is 308 g/mol. The van der Waals surface area contributed by atoms with E-state index in [0.29, 0.717) is 16.6 Å². The molecule has 0 spiro atoms. The van der Waals surface area contributed by atoms with E-state index in [1.54, 1.807) is 11.7 Å². The highest BCUT2D eigenvalue weighted by Gasteiger charge is 2.22. The van der Waals surface area contributed by atoms with Crippen LogP contribution in [0.2, 0.25) is 0 Å². The number of hydrogen-bond acceptors (Lipinski definition) is 3. The fraction of sp³-hybridized carbons (Fsp3) is 0.333. The SMILES string of the molecule is Cn1c(=O)c2c3c(sc2c(=O)n1Cc1ccccc1)CCCC3. The monoisotopic (exact) mass is 326 g/mol. The number of hydrogen-bond donors (Lipinski definition) is 0. The maximum absolute atomic E-state index is 12.9. The highest BCUT2D eigenvalue weighted by molar-refractivity contribution is 7.19. The Morgan fingerprint density at radius 2 is 1.78 bits per heavy atom. The first-order chi connectivity index (χ1) is 11.2. The van der Waals surface area contributed by atoms with Gasteiger partial charge in [-0.15, -0.1) is 11.3 Å². The van der Waals surface area contributed by atoms with Gasteiger partial charge in [0.2, 0.25) is 0 Å². The van der Waals surface area contributed by atoms with Crippen molar-refractivity contribution in [1.29, 1.82) is 0 Å². The molecule has 0 radical (unpaired) electrons. The van der Waals surface area contributed by atoms with Crippen molar-refractivity contribution in [3.8, 4) is 0 Å². The molecule has 3 aromatic rings. The Kier molecular flexibility index (Phi) is 3.45. The summed E-state index contributed by atoms with van der Waals surface area (Å²) in [5.74, 6) is 0. The number of rotatable bonds is 2. The molecule has 0 saturated carbocycles. The smallest absolute Gasteiger partial charge is 0.267 e. The van der Waals surface area contributed by atoms with E-state index < -0.39 is 0 Å². The van der Waals surface area contributed by atoms with Crippen LogP contribution in [-0.4, -0.2) is 9.36 Å². The fourth-order valence-corrected chi connectivity index (χ4v) is 4.73. The summed E-state index contributed by atoms with van der Waals surface area (Å²) < 4.78 is 3.68. The van der Waals surface area contributed by atoms with Crippen molar-refractivity contribution in [2.75, 3.05) is 0 Å². The first-order valence-corrected chi connectivity index (χ1v) is 8.76. The van der Waals surface area contributed by atoms with Gasteiger partial charge in [0.05, 0.1) is 11.9 Å². The molecule has 1 aliphatic carbocycles. The Bertz CT molecular complexity index is 996. The van der Waals surface area contributed by atoms with Gasteiger partial charge in [0.15, 0.2) is 0 Å². The van der Waals surface area contributed by atoms with Crippen LogP contribution in [0.3, 0.4) is 0 Å². The number of fused-ring (bicyclic) bond motifs is 3. The molecule has 2 aromatic heterocycles. The Morgan fingerprint density at radius 3 is 2.57 bits per heavy atom. The topological polar surface area (TPSA) is 44.0 Å². The van der Waals surface area contributed by atoms with Gasteiger partial charge in [-0.05, 0) is 36.8 Å². The number of benzene rings is 1. The first kappa shape index (κ1) is 14.5. The van der Waals surface area contributed by atoms with Gasteiger partial charge < -0.3 is 0 Å². The van der Waals surface area contributed by atoms with Crippen molar-refractivity contribution in [3.05, 3.63) is 67.0 Å². The van der Waals surface area contributed by atoms with E-state index in [-0.39, 0.29) is 11.1 Å². The molecule has 0 fully saturated rings. The van der Waals surface area contributed by atoms with Gasteiger partial charge in [-0.3, -0.25) is 9.59 Å². The molecule has 4 rings (SSSR count). The van der Waals surface area contributed by atoms with Crippen molar-refractivity contribution in [3.63, 3.8) is 0 Å². The van der Waals surface area contributed by atoms with Gasteiger partial charge in [0.1, 0.15) is 4.70 Å². The van der Waals surface area contributed by atoms with Crippen LogP contribution in [0, 0.1) is 0 Å². The third-order valence-corrected chi connectivity index (χ3v) is 5.92. The van der Waals surface area contributed by atoms with Crippen LogP contribution in [0.4, 0.5) is 0 Å². The zero-order valence-corrected chi connectivity index (χ0v) is 13.9. The quantitative estimate of drug-likeness (QED) is 0.727. The lowest BCUT2D eigenvalue weighted by Crippen LogP contribution is -2.37. The van der Waals surface area contributed by atoms with Gasteiger partial charge in [0.25, 0.3) is 11.1 Å². The normalized spacial score (nSPS) is 14.1. The summed E-state index contributed by atoms with van der Waals surface area (Å²) in [5.41, 5.74) is 2.05. The van der Waals surface area contributed by atoms with Crippen LogP contribution >= 0.6 is 11.3 Å². The molecule has 5 heteroatoms. The molecule has 1 aromatic carbocycles. The summed E-state index contributed by atoms with van der Waals surface area (Å²) in [6.45, 7) is 0.421. The largest absolute Gasteiger partial charge is 0.283 e. The van der Waals surface area contributed by atoms with Gasteiger partial charge >= 0.3 is 0 Å². The average Bonchev–Trinajstić information content (AvgIpc) is 2.97. The second-order valence-corrected chi connectivity index (χ2v) is 7.20. The Morgan fingerprint density at radius 1 is 1.04 bits per heavy atom. The van der Waals surface area contributed by atoms with Gasteiger partial charge in [0, 0.05) is 11.9 Å². The van der Waals surface area contributed by atoms with E-state index in [1.807, 2.05) is 30.3 Å². The minimum absolute atomic E-state index is 0.0464. The molecule has 118 valence electrons. The average molecular weight is 326 g/mol. The van der Waals surface area contributed by atoms with E-state index in [4.69, 9.17) is 0 Å². The van der Waals surface area contributed by atoms with Crippen molar-refractivity contribution >= 4 is 21.4 Å². The zero-order valence-electron chi connectivity index (χ0n) is 13.0. The van der Waals surface area contributed by atoms with Crippen LogP contribution in [0.1, 0.15) is 28.8 Å². The number of thiophene rings is 1. The second-order valence-electron chi connectivity index (χ2n) is 6.09. The first-order valence-electron chi connectivity index (χ1n) is 7.95. The molecule has 0 amide bonds. The van der Waals surface area contributed by atoms with Crippen molar-refractivity contribution < 1.29 is 0 Å². The number of nitrogens with zero attached hydrogens (tertiary/aromatic N) is 2. The lowest BCUT2D eigenvalue weighted by atomic mass is 9.97. The number of aryl methyl sites for hydroxylation is 2. The van der Waals surface area contributed by atoms with Crippen molar-refractivity contribution in [1.82, 2.24) is 9.36 Å². The van der Waals surface area contributed by atoms with Crippen LogP contribution in [0.25, 0.3) is 10.1 Å². The molecule has 2 heterocycles. The molecular formula is C18H18N2O2S. The summed E-state index contributed by atoms with van der Waals surface area (Å²) in [4.78, 5) is 27.0. The Labute approximate surface area is 137 Å². The standard InChI is InChI=1S/C18H18N2O2S/c1-19-17(21)15-13-9-5-6-10-14(13)23-16(15)18(22)20(19)11-12-7-3-2-4-8-12/h2-4,7-8H,5-6,9-11H2,1H3. The molecule has 4 nitrogen and oxygen atoms in total. The highest BCUT2D eigenvalue weighted by Crippen LogP contribution is 2.32. The minimum atomic E-state index is -0.0506. The molecule has 0 atom stereocenters. The predicted octanol–water partition coefficient (Wildman–Crippen LogP) is 2.69. The van der Waals surface area contributed by atoms with Crippen LogP contribution in [0.15, 0.2) is 39.9 Å². The van der Waals surface area contributed by atoms with E-state index in [2.05, 4.69) is 0 Å². The van der Waals surface area contributed by atoms with Gasteiger partial charge in [-0.2, -0.15) is 0 Å².